The molecule has 5 rings (SSSR count). The molecule has 0 unspecified atom stereocenters. The van der Waals surface area contributed by atoms with Gasteiger partial charge in [0.15, 0.2) is 0 Å². The summed E-state index contributed by atoms with van der Waals surface area (Å²) < 4.78 is 0. The molecule has 1 heterocycles. The Hall–Kier alpha value is -3.22. The van der Waals surface area contributed by atoms with Gasteiger partial charge in [0.1, 0.15) is 28.5 Å². The summed E-state index contributed by atoms with van der Waals surface area (Å²) in [6.45, 7) is 0. The Balaban J connectivity index is 1.98. The van der Waals surface area contributed by atoms with Crippen LogP contribution in [0.3, 0.4) is 0 Å². The number of benzene rings is 4. The standard InChI is InChI=1S/C25H20N2P/c1-4-11-20(12-5-1)28(21-13-6-2-7-14-21,22-15-8-3-9-16-22)25-18-10-17-24-23(25)19-26-27-24/h1-19H,(H,26,27)/q+1. The normalized spacial score (nSPS) is 11.6. The van der Waals surface area contributed by atoms with Gasteiger partial charge in [-0.25, -0.2) is 0 Å². The smallest absolute Gasteiger partial charge is 0.145 e. The van der Waals surface area contributed by atoms with Gasteiger partial charge in [-0.3, -0.25) is 5.10 Å². The third-order valence-electron chi connectivity index (χ3n) is 5.25. The number of fused-ring (bicyclic) bond motifs is 1. The van der Waals surface area contributed by atoms with E-state index >= 15 is 0 Å². The zero-order valence-corrected chi connectivity index (χ0v) is 16.3. The van der Waals surface area contributed by atoms with E-state index in [1.165, 1.54) is 26.6 Å². The summed E-state index contributed by atoms with van der Waals surface area (Å²) in [5.74, 6) is 0. The Morgan fingerprint density at radius 1 is 0.536 bits per heavy atom. The van der Waals surface area contributed by atoms with E-state index in [9.17, 15) is 0 Å². The van der Waals surface area contributed by atoms with Gasteiger partial charge in [-0.2, -0.15) is 5.10 Å². The first kappa shape index (κ1) is 16.9. The van der Waals surface area contributed by atoms with Gasteiger partial charge in [-0.05, 0) is 48.5 Å². The van der Waals surface area contributed by atoms with E-state index in [2.05, 4.69) is 119 Å². The largest absolute Gasteiger partial charge is 0.278 e. The van der Waals surface area contributed by atoms with Gasteiger partial charge in [0.25, 0.3) is 0 Å². The zero-order chi connectivity index (χ0) is 18.8. The van der Waals surface area contributed by atoms with Crippen LogP contribution in [0.4, 0.5) is 0 Å². The van der Waals surface area contributed by atoms with Gasteiger partial charge in [-0.1, -0.05) is 60.7 Å². The van der Waals surface area contributed by atoms with Gasteiger partial charge in [-0.15, -0.1) is 0 Å². The lowest BCUT2D eigenvalue weighted by atomic mass is 10.3. The Bertz CT molecular complexity index is 1100. The van der Waals surface area contributed by atoms with Gasteiger partial charge >= 0.3 is 0 Å². The first-order valence-corrected chi connectivity index (χ1v) is 11.2. The molecule has 0 radical (unpaired) electrons. The molecule has 5 aromatic rings. The maximum Gasteiger partial charge on any atom is 0.145 e. The molecule has 2 nitrogen and oxygen atoms in total. The van der Waals surface area contributed by atoms with E-state index in [1.807, 2.05) is 6.20 Å². The Kier molecular flexibility index (Phi) is 4.27. The number of aromatic nitrogens is 2. The monoisotopic (exact) mass is 379 g/mol. The molecule has 0 spiro atoms. The minimum absolute atomic E-state index is 1.07. The summed E-state index contributed by atoms with van der Waals surface area (Å²) in [6.07, 6.45) is 1.97. The fourth-order valence-electron chi connectivity index (χ4n) is 4.06. The molecule has 0 saturated heterocycles. The van der Waals surface area contributed by atoms with Crippen LogP contribution < -0.4 is 21.2 Å². The molecule has 3 heteroatoms. The first-order valence-electron chi connectivity index (χ1n) is 9.39. The lowest BCUT2D eigenvalue weighted by molar-refractivity contribution is 1.12. The second-order valence-electron chi connectivity index (χ2n) is 6.79. The minimum atomic E-state index is -2.08. The van der Waals surface area contributed by atoms with Gasteiger partial charge in [0.2, 0.25) is 0 Å². The number of aromatic amines is 1. The lowest BCUT2D eigenvalue weighted by Gasteiger charge is -2.28. The quantitative estimate of drug-likeness (QED) is 0.466. The predicted octanol–water partition coefficient (Wildman–Crippen LogP) is 4.18. The Labute approximate surface area is 165 Å². The number of nitrogens with zero attached hydrogens (tertiary/aromatic N) is 1. The van der Waals surface area contributed by atoms with E-state index in [4.69, 9.17) is 0 Å². The molecule has 1 N–H and O–H groups in total. The maximum atomic E-state index is 4.35. The molecule has 0 atom stereocenters. The third kappa shape index (κ3) is 2.58. The van der Waals surface area contributed by atoms with Crippen molar-refractivity contribution < 1.29 is 0 Å². The molecule has 1 aromatic heterocycles. The number of rotatable bonds is 4. The predicted molar refractivity (Wildman–Crippen MR) is 121 cm³/mol. The van der Waals surface area contributed by atoms with Crippen LogP contribution in [0.15, 0.2) is 115 Å². The van der Waals surface area contributed by atoms with Crippen molar-refractivity contribution in [2.24, 2.45) is 0 Å². The van der Waals surface area contributed by atoms with Crippen LogP contribution in [0.2, 0.25) is 0 Å². The van der Waals surface area contributed by atoms with Crippen LogP contribution in [0.5, 0.6) is 0 Å². The van der Waals surface area contributed by atoms with Crippen LogP contribution in [0, 0.1) is 0 Å². The second-order valence-corrected chi connectivity index (χ2v) is 10.2. The minimum Gasteiger partial charge on any atom is -0.278 e. The van der Waals surface area contributed by atoms with Crippen molar-refractivity contribution in [3.8, 4) is 0 Å². The highest BCUT2D eigenvalue weighted by atomic mass is 31.2. The van der Waals surface area contributed by atoms with Crippen LogP contribution in [-0.2, 0) is 0 Å². The molecule has 0 saturated carbocycles. The molecule has 4 aromatic carbocycles. The summed E-state index contributed by atoms with van der Waals surface area (Å²) in [4.78, 5) is 0. The number of nitrogens with one attached hydrogen (secondary N) is 1. The van der Waals surface area contributed by atoms with Gasteiger partial charge in [0, 0.05) is 0 Å². The van der Waals surface area contributed by atoms with Crippen LogP contribution in [0.1, 0.15) is 0 Å². The van der Waals surface area contributed by atoms with E-state index in [0.717, 1.165) is 5.52 Å². The Morgan fingerprint density at radius 2 is 1.04 bits per heavy atom. The molecule has 0 amide bonds. The van der Waals surface area contributed by atoms with Crippen molar-refractivity contribution in [1.29, 1.82) is 0 Å². The molecule has 0 aliphatic carbocycles. The molecular weight excluding hydrogens is 359 g/mol. The number of hydrogen-bond acceptors (Lipinski definition) is 1. The SMILES string of the molecule is c1ccc([P+](c2ccccc2)(c2ccccc2)c2cccc3[nH]ncc23)cc1. The zero-order valence-electron chi connectivity index (χ0n) is 15.4. The summed E-state index contributed by atoms with van der Waals surface area (Å²) >= 11 is 0. The lowest BCUT2D eigenvalue weighted by Crippen LogP contribution is -2.38. The van der Waals surface area contributed by atoms with E-state index in [0.29, 0.717) is 0 Å². The van der Waals surface area contributed by atoms with Crippen molar-refractivity contribution in [2.45, 2.75) is 0 Å². The molecule has 0 bridgehead atoms. The van der Waals surface area contributed by atoms with Crippen LogP contribution >= 0.6 is 7.26 Å². The molecule has 0 aliphatic heterocycles. The summed E-state index contributed by atoms with van der Waals surface area (Å²) in [5.41, 5.74) is 1.07. The number of H-pyrrole nitrogens is 1. The van der Waals surface area contributed by atoms with Crippen molar-refractivity contribution >= 4 is 39.4 Å². The highest BCUT2D eigenvalue weighted by molar-refractivity contribution is 8.01. The third-order valence-corrected chi connectivity index (χ3v) is 9.58. The fourth-order valence-corrected chi connectivity index (χ4v) is 8.50. The molecular formula is C25H20N2P+. The molecule has 28 heavy (non-hydrogen) atoms. The van der Waals surface area contributed by atoms with Crippen LogP contribution in [0.25, 0.3) is 10.9 Å². The van der Waals surface area contributed by atoms with Crippen molar-refractivity contribution in [1.82, 2.24) is 10.2 Å². The summed E-state index contributed by atoms with van der Waals surface area (Å²) in [5, 5.41) is 14.1. The van der Waals surface area contributed by atoms with Gasteiger partial charge < -0.3 is 0 Å². The fraction of sp³-hybridized carbons (Fsp3) is 0. The maximum absolute atomic E-state index is 4.35. The van der Waals surface area contributed by atoms with Crippen molar-refractivity contribution in [3.63, 3.8) is 0 Å². The van der Waals surface area contributed by atoms with E-state index in [1.54, 1.807) is 0 Å². The average Bonchev–Trinajstić information content (AvgIpc) is 3.26. The van der Waals surface area contributed by atoms with E-state index in [-0.39, 0.29) is 0 Å². The number of hydrogen-bond donors (Lipinski definition) is 1. The summed E-state index contributed by atoms with van der Waals surface area (Å²) in [6, 6.07) is 39.3. The van der Waals surface area contributed by atoms with Gasteiger partial charge in [0.05, 0.1) is 17.1 Å². The molecule has 134 valence electrons. The molecule has 0 aliphatic rings. The summed E-state index contributed by atoms with van der Waals surface area (Å²) in [7, 11) is -2.08. The average molecular weight is 379 g/mol. The van der Waals surface area contributed by atoms with Crippen molar-refractivity contribution in [2.75, 3.05) is 0 Å². The second kappa shape index (κ2) is 7.07. The Morgan fingerprint density at radius 3 is 1.54 bits per heavy atom. The van der Waals surface area contributed by atoms with Crippen molar-refractivity contribution in [3.05, 3.63) is 115 Å². The van der Waals surface area contributed by atoms with E-state index < -0.39 is 7.26 Å². The highest BCUT2D eigenvalue weighted by Gasteiger charge is 2.48. The first-order chi connectivity index (χ1) is 13.9. The topological polar surface area (TPSA) is 28.7 Å². The highest BCUT2D eigenvalue weighted by Crippen LogP contribution is 2.55. The van der Waals surface area contributed by atoms with Crippen LogP contribution in [-0.4, -0.2) is 10.2 Å². The molecule has 0 fully saturated rings.